The Morgan fingerprint density at radius 3 is 2.22 bits per heavy atom. The van der Waals surface area contributed by atoms with Crippen LogP contribution in [0.2, 0.25) is 0 Å². The Labute approximate surface area is 113 Å². The summed E-state index contributed by atoms with van der Waals surface area (Å²) in [6.45, 7) is 2.40. The van der Waals surface area contributed by atoms with E-state index in [0.717, 1.165) is 0 Å². The Hall–Kier alpha value is -1.41. The van der Waals surface area contributed by atoms with Gasteiger partial charge in [0.1, 0.15) is 0 Å². The molecular formula is C16H17NS. The van der Waals surface area contributed by atoms with Crippen LogP contribution in [-0.2, 0) is 0 Å². The van der Waals surface area contributed by atoms with E-state index in [9.17, 15) is 0 Å². The SMILES string of the molecule is c1ccc(Sc2ccccc2N2CCCC2)cc1. The van der Waals surface area contributed by atoms with Crippen molar-refractivity contribution >= 4 is 17.4 Å². The molecule has 0 atom stereocenters. The minimum atomic E-state index is 1.20. The number of hydrogen-bond donors (Lipinski definition) is 0. The van der Waals surface area contributed by atoms with Gasteiger partial charge in [-0.2, -0.15) is 0 Å². The molecular weight excluding hydrogens is 238 g/mol. The molecule has 0 bridgehead atoms. The van der Waals surface area contributed by atoms with Gasteiger partial charge in [0, 0.05) is 22.9 Å². The third-order valence-electron chi connectivity index (χ3n) is 3.28. The summed E-state index contributed by atoms with van der Waals surface area (Å²) >= 11 is 1.86. The Bertz CT molecular complexity index is 504. The molecule has 0 aliphatic carbocycles. The fourth-order valence-electron chi connectivity index (χ4n) is 2.38. The quantitative estimate of drug-likeness (QED) is 0.797. The highest BCUT2D eigenvalue weighted by Gasteiger charge is 2.15. The van der Waals surface area contributed by atoms with Crippen LogP contribution in [0.5, 0.6) is 0 Å². The summed E-state index contributed by atoms with van der Waals surface area (Å²) in [5.74, 6) is 0. The summed E-state index contributed by atoms with van der Waals surface area (Å²) < 4.78 is 0. The van der Waals surface area contributed by atoms with Gasteiger partial charge in [0.05, 0.1) is 5.69 Å². The lowest BCUT2D eigenvalue weighted by atomic mass is 10.3. The van der Waals surface area contributed by atoms with Crippen LogP contribution in [0.3, 0.4) is 0 Å². The molecule has 3 rings (SSSR count). The van der Waals surface area contributed by atoms with E-state index in [1.165, 1.54) is 41.4 Å². The zero-order valence-electron chi connectivity index (χ0n) is 10.4. The van der Waals surface area contributed by atoms with E-state index in [1.54, 1.807) is 0 Å². The standard InChI is InChI=1S/C16H17NS/c1-2-8-14(9-3-1)18-16-11-5-4-10-15(16)17-12-6-7-13-17/h1-5,8-11H,6-7,12-13H2. The lowest BCUT2D eigenvalue weighted by Gasteiger charge is -2.20. The molecule has 1 aliphatic rings. The molecule has 0 radical (unpaired) electrons. The smallest absolute Gasteiger partial charge is 0.0508 e. The van der Waals surface area contributed by atoms with Crippen molar-refractivity contribution in [3.63, 3.8) is 0 Å². The number of anilines is 1. The van der Waals surface area contributed by atoms with Crippen molar-refractivity contribution in [1.82, 2.24) is 0 Å². The van der Waals surface area contributed by atoms with Crippen LogP contribution in [-0.4, -0.2) is 13.1 Å². The first-order chi connectivity index (χ1) is 8.93. The normalized spacial score (nSPS) is 15.0. The Morgan fingerprint density at radius 2 is 1.44 bits per heavy atom. The predicted octanol–water partition coefficient (Wildman–Crippen LogP) is 4.44. The van der Waals surface area contributed by atoms with E-state index in [0.29, 0.717) is 0 Å². The van der Waals surface area contributed by atoms with Crippen LogP contribution in [0.4, 0.5) is 5.69 Å². The van der Waals surface area contributed by atoms with Crippen LogP contribution in [0.1, 0.15) is 12.8 Å². The highest BCUT2D eigenvalue weighted by atomic mass is 32.2. The van der Waals surface area contributed by atoms with Crippen molar-refractivity contribution < 1.29 is 0 Å². The van der Waals surface area contributed by atoms with E-state index in [2.05, 4.69) is 59.5 Å². The average Bonchev–Trinajstić information content (AvgIpc) is 2.94. The minimum Gasteiger partial charge on any atom is -0.371 e. The number of nitrogens with zero attached hydrogens (tertiary/aromatic N) is 1. The van der Waals surface area contributed by atoms with E-state index < -0.39 is 0 Å². The molecule has 0 spiro atoms. The van der Waals surface area contributed by atoms with Gasteiger partial charge in [-0.05, 0) is 37.1 Å². The molecule has 1 nitrogen and oxygen atoms in total. The molecule has 1 aliphatic heterocycles. The summed E-state index contributed by atoms with van der Waals surface area (Å²) in [7, 11) is 0. The first-order valence-electron chi connectivity index (χ1n) is 6.50. The maximum atomic E-state index is 2.51. The Balaban J connectivity index is 1.87. The summed E-state index contributed by atoms with van der Waals surface area (Å²) in [6.07, 6.45) is 2.65. The van der Waals surface area contributed by atoms with Crippen LogP contribution in [0, 0.1) is 0 Å². The van der Waals surface area contributed by atoms with Gasteiger partial charge < -0.3 is 4.90 Å². The van der Waals surface area contributed by atoms with E-state index in [1.807, 2.05) is 11.8 Å². The maximum absolute atomic E-state index is 2.51. The van der Waals surface area contributed by atoms with Crippen LogP contribution in [0.25, 0.3) is 0 Å². The molecule has 0 amide bonds. The third-order valence-corrected chi connectivity index (χ3v) is 4.36. The van der Waals surface area contributed by atoms with Gasteiger partial charge in [-0.3, -0.25) is 0 Å². The fraction of sp³-hybridized carbons (Fsp3) is 0.250. The number of hydrogen-bond acceptors (Lipinski definition) is 2. The van der Waals surface area contributed by atoms with Crippen molar-refractivity contribution in [2.24, 2.45) is 0 Å². The lowest BCUT2D eigenvalue weighted by Crippen LogP contribution is -2.18. The third kappa shape index (κ3) is 2.54. The second kappa shape index (κ2) is 5.49. The predicted molar refractivity (Wildman–Crippen MR) is 78.5 cm³/mol. The lowest BCUT2D eigenvalue weighted by molar-refractivity contribution is 0.949. The molecule has 1 heterocycles. The number of benzene rings is 2. The minimum absolute atomic E-state index is 1.20. The average molecular weight is 255 g/mol. The van der Waals surface area contributed by atoms with Gasteiger partial charge in [0.25, 0.3) is 0 Å². The van der Waals surface area contributed by atoms with Gasteiger partial charge in [-0.25, -0.2) is 0 Å². The molecule has 0 saturated carbocycles. The molecule has 0 unspecified atom stereocenters. The van der Waals surface area contributed by atoms with Gasteiger partial charge in [0.15, 0.2) is 0 Å². The monoisotopic (exact) mass is 255 g/mol. The topological polar surface area (TPSA) is 3.24 Å². The number of rotatable bonds is 3. The van der Waals surface area contributed by atoms with Crippen molar-refractivity contribution in [3.8, 4) is 0 Å². The summed E-state index contributed by atoms with van der Waals surface area (Å²) in [4.78, 5) is 5.18. The van der Waals surface area contributed by atoms with Crippen LogP contribution < -0.4 is 4.90 Å². The summed E-state index contributed by atoms with van der Waals surface area (Å²) in [5, 5.41) is 0. The number of para-hydroxylation sites is 1. The zero-order valence-corrected chi connectivity index (χ0v) is 11.2. The Morgan fingerprint density at radius 1 is 0.778 bits per heavy atom. The van der Waals surface area contributed by atoms with Gasteiger partial charge in [-0.15, -0.1) is 0 Å². The van der Waals surface area contributed by atoms with E-state index >= 15 is 0 Å². The fourth-order valence-corrected chi connectivity index (χ4v) is 3.37. The zero-order chi connectivity index (χ0) is 12.2. The molecule has 1 saturated heterocycles. The van der Waals surface area contributed by atoms with Gasteiger partial charge >= 0.3 is 0 Å². The molecule has 92 valence electrons. The van der Waals surface area contributed by atoms with E-state index in [4.69, 9.17) is 0 Å². The summed E-state index contributed by atoms with van der Waals surface area (Å²) in [5.41, 5.74) is 1.39. The van der Waals surface area contributed by atoms with E-state index in [-0.39, 0.29) is 0 Å². The second-order valence-corrected chi connectivity index (χ2v) is 5.69. The van der Waals surface area contributed by atoms with Crippen molar-refractivity contribution in [3.05, 3.63) is 54.6 Å². The summed E-state index contributed by atoms with van der Waals surface area (Å²) in [6, 6.07) is 19.4. The molecule has 2 heteroatoms. The first kappa shape index (κ1) is 11.7. The highest BCUT2D eigenvalue weighted by Crippen LogP contribution is 2.36. The molecule has 18 heavy (non-hydrogen) atoms. The van der Waals surface area contributed by atoms with Crippen molar-refractivity contribution in [1.29, 1.82) is 0 Å². The largest absolute Gasteiger partial charge is 0.371 e. The van der Waals surface area contributed by atoms with Crippen molar-refractivity contribution in [2.45, 2.75) is 22.6 Å². The van der Waals surface area contributed by atoms with Crippen LogP contribution in [0.15, 0.2) is 64.4 Å². The highest BCUT2D eigenvalue weighted by molar-refractivity contribution is 7.99. The maximum Gasteiger partial charge on any atom is 0.0508 e. The molecule has 0 N–H and O–H groups in total. The first-order valence-corrected chi connectivity index (χ1v) is 7.32. The van der Waals surface area contributed by atoms with Gasteiger partial charge in [-0.1, -0.05) is 42.1 Å². The van der Waals surface area contributed by atoms with Crippen molar-refractivity contribution in [2.75, 3.05) is 18.0 Å². The molecule has 0 aromatic heterocycles. The molecule has 1 fully saturated rings. The second-order valence-electron chi connectivity index (χ2n) is 4.58. The Kier molecular flexibility index (Phi) is 3.56. The van der Waals surface area contributed by atoms with Crippen LogP contribution >= 0.6 is 11.8 Å². The molecule has 2 aromatic rings. The molecule has 2 aromatic carbocycles. The van der Waals surface area contributed by atoms with Gasteiger partial charge in [0.2, 0.25) is 0 Å².